The Morgan fingerprint density at radius 3 is 3.22 bits per heavy atom. The summed E-state index contributed by atoms with van der Waals surface area (Å²) in [4.78, 5) is 0. The van der Waals surface area contributed by atoms with Gasteiger partial charge in [0.2, 0.25) is 0 Å². The van der Waals surface area contributed by atoms with Gasteiger partial charge in [0.25, 0.3) is 0 Å². The van der Waals surface area contributed by atoms with Crippen LogP contribution in [0.4, 0.5) is 0 Å². The van der Waals surface area contributed by atoms with E-state index < -0.39 is 0 Å². The number of hydrogen-bond donors (Lipinski definition) is 1. The van der Waals surface area contributed by atoms with Gasteiger partial charge in [0.1, 0.15) is 5.76 Å². The fourth-order valence-electron chi connectivity index (χ4n) is 0.532. The quantitative estimate of drug-likeness (QED) is 0.631. The van der Waals surface area contributed by atoms with Crippen molar-refractivity contribution in [3.63, 3.8) is 0 Å². The maximum absolute atomic E-state index is 5.10. The van der Waals surface area contributed by atoms with E-state index in [0.717, 1.165) is 12.2 Å². The average molecular weight is 124 g/mol. The summed E-state index contributed by atoms with van der Waals surface area (Å²) in [5.74, 6) is 0.830. The molecule has 1 heterocycles. The molecule has 0 fully saturated rings. The van der Waals surface area contributed by atoms with Crippen LogP contribution >= 0.6 is 0 Å². The maximum Gasteiger partial charge on any atom is 0.140 e. The predicted octanol–water partition coefficient (Wildman–Crippen LogP) is 0.690. The van der Waals surface area contributed by atoms with Gasteiger partial charge in [0.05, 0.1) is 6.20 Å². The molecule has 0 unspecified atom stereocenters. The Bertz CT molecular complexity index is 179. The monoisotopic (exact) mass is 124 g/mol. The van der Waals surface area contributed by atoms with Crippen LogP contribution in [0.3, 0.4) is 0 Å². The van der Waals surface area contributed by atoms with E-state index in [1.54, 1.807) is 18.3 Å². The molecule has 0 aliphatic rings. The third-order valence-corrected chi connectivity index (χ3v) is 0.946. The number of rotatable bonds is 2. The molecule has 1 aromatic rings. The lowest BCUT2D eigenvalue weighted by Crippen LogP contribution is -1.79. The summed E-state index contributed by atoms with van der Waals surface area (Å²) in [6, 6.07) is 1.81. The highest BCUT2D eigenvalue weighted by molar-refractivity contribution is 4.99. The molecule has 0 spiro atoms. The van der Waals surface area contributed by atoms with Crippen LogP contribution in [0.2, 0.25) is 0 Å². The van der Waals surface area contributed by atoms with E-state index in [2.05, 4.69) is 5.16 Å². The first-order chi connectivity index (χ1) is 4.43. The first-order valence-electron chi connectivity index (χ1n) is 2.70. The Morgan fingerprint density at radius 1 is 1.78 bits per heavy atom. The fraction of sp³-hybridized carbons (Fsp3) is 0.167. The van der Waals surface area contributed by atoms with Crippen LogP contribution in [0.1, 0.15) is 5.76 Å². The van der Waals surface area contributed by atoms with Crippen LogP contribution < -0.4 is 5.73 Å². The van der Waals surface area contributed by atoms with E-state index in [4.69, 9.17) is 10.3 Å². The third-order valence-electron chi connectivity index (χ3n) is 0.946. The molecule has 3 nitrogen and oxygen atoms in total. The normalized spacial score (nSPS) is 10.7. The number of allylic oxidation sites excluding steroid dienone is 1. The first kappa shape index (κ1) is 5.88. The van der Waals surface area contributed by atoms with Crippen molar-refractivity contribution in [2.45, 2.75) is 6.42 Å². The number of nitrogens with two attached hydrogens (primary N) is 1. The van der Waals surface area contributed by atoms with Crippen LogP contribution in [0.25, 0.3) is 0 Å². The van der Waals surface area contributed by atoms with Crippen molar-refractivity contribution in [1.29, 1.82) is 0 Å². The minimum absolute atomic E-state index is 0.719. The Kier molecular flexibility index (Phi) is 1.90. The summed E-state index contributed by atoms with van der Waals surface area (Å²) in [6.07, 6.45) is 5.62. The molecule has 0 aliphatic heterocycles. The lowest BCUT2D eigenvalue weighted by molar-refractivity contribution is 0.390. The van der Waals surface area contributed by atoms with Gasteiger partial charge in [-0.3, -0.25) is 0 Å². The van der Waals surface area contributed by atoms with E-state index in [1.165, 1.54) is 6.20 Å². The molecule has 1 rings (SSSR count). The average Bonchev–Trinajstić information content (AvgIpc) is 2.34. The zero-order chi connectivity index (χ0) is 6.53. The Hall–Kier alpha value is -1.25. The zero-order valence-corrected chi connectivity index (χ0v) is 4.95. The third kappa shape index (κ3) is 1.60. The molecule has 0 saturated heterocycles. The van der Waals surface area contributed by atoms with Gasteiger partial charge in [-0.1, -0.05) is 11.2 Å². The van der Waals surface area contributed by atoms with Crippen molar-refractivity contribution < 1.29 is 4.52 Å². The van der Waals surface area contributed by atoms with Gasteiger partial charge in [0, 0.05) is 12.5 Å². The van der Waals surface area contributed by atoms with Crippen LogP contribution in [0.15, 0.2) is 29.1 Å². The number of nitrogens with zero attached hydrogens (tertiary/aromatic N) is 1. The summed E-state index contributed by atoms with van der Waals surface area (Å²) in [5.41, 5.74) is 5.10. The van der Waals surface area contributed by atoms with Crippen LogP contribution in [-0.2, 0) is 6.42 Å². The highest BCUT2D eigenvalue weighted by atomic mass is 16.5. The van der Waals surface area contributed by atoms with Gasteiger partial charge in [-0.15, -0.1) is 0 Å². The van der Waals surface area contributed by atoms with Gasteiger partial charge in [-0.2, -0.15) is 0 Å². The molecule has 0 aromatic carbocycles. The van der Waals surface area contributed by atoms with E-state index in [-0.39, 0.29) is 0 Å². The van der Waals surface area contributed by atoms with Crippen molar-refractivity contribution in [2.75, 3.05) is 0 Å². The predicted molar refractivity (Wildman–Crippen MR) is 33.5 cm³/mol. The maximum atomic E-state index is 5.10. The van der Waals surface area contributed by atoms with E-state index in [1.807, 2.05) is 0 Å². The second-order valence-corrected chi connectivity index (χ2v) is 1.61. The van der Waals surface area contributed by atoms with Crippen molar-refractivity contribution in [3.8, 4) is 0 Å². The Morgan fingerprint density at radius 2 is 2.67 bits per heavy atom. The van der Waals surface area contributed by atoms with Crippen LogP contribution in [0, 0.1) is 0 Å². The molecule has 0 radical (unpaired) electrons. The highest BCUT2D eigenvalue weighted by Gasteiger charge is 1.89. The molecular weight excluding hydrogens is 116 g/mol. The molecule has 1 aromatic heterocycles. The van der Waals surface area contributed by atoms with Gasteiger partial charge in [-0.25, -0.2) is 0 Å². The topological polar surface area (TPSA) is 52.0 Å². The Labute approximate surface area is 53.1 Å². The zero-order valence-electron chi connectivity index (χ0n) is 4.95. The van der Waals surface area contributed by atoms with Crippen molar-refractivity contribution in [3.05, 3.63) is 30.3 Å². The molecule has 0 aliphatic carbocycles. The van der Waals surface area contributed by atoms with Crippen molar-refractivity contribution in [2.24, 2.45) is 5.73 Å². The van der Waals surface area contributed by atoms with Gasteiger partial charge in [0.15, 0.2) is 0 Å². The largest absolute Gasteiger partial charge is 0.405 e. The summed E-state index contributed by atoms with van der Waals surface area (Å²) >= 11 is 0. The van der Waals surface area contributed by atoms with Gasteiger partial charge >= 0.3 is 0 Å². The lowest BCUT2D eigenvalue weighted by Gasteiger charge is -1.81. The molecule has 0 saturated carbocycles. The fourth-order valence-corrected chi connectivity index (χ4v) is 0.532. The molecular formula is C6H8N2O. The number of aromatic nitrogens is 1. The highest BCUT2D eigenvalue weighted by Crippen LogP contribution is 1.96. The molecule has 48 valence electrons. The second kappa shape index (κ2) is 2.91. The van der Waals surface area contributed by atoms with Crippen LogP contribution in [-0.4, -0.2) is 5.16 Å². The van der Waals surface area contributed by atoms with Crippen molar-refractivity contribution >= 4 is 0 Å². The SMILES string of the molecule is NC=CCc1ccno1. The van der Waals surface area contributed by atoms with E-state index in [9.17, 15) is 0 Å². The molecule has 0 amide bonds. The summed E-state index contributed by atoms with van der Waals surface area (Å²) in [7, 11) is 0. The standard InChI is InChI=1S/C6H8N2O/c7-4-1-2-6-3-5-8-9-6/h1,3-5H,2,7H2. The first-order valence-corrected chi connectivity index (χ1v) is 2.70. The summed E-state index contributed by atoms with van der Waals surface area (Å²) in [5, 5.41) is 3.53. The van der Waals surface area contributed by atoms with Gasteiger partial charge < -0.3 is 10.3 Å². The minimum atomic E-state index is 0.719. The molecule has 2 N–H and O–H groups in total. The minimum Gasteiger partial charge on any atom is -0.405 e. The van der Waals surface area contributed by atoms with Crippen LogP contribution in [0.5, 0.6) is 0 Å². The smallest absolute Gasteiger partial charge is 0.140 e. The summed E-state index contributed by atoms with van der Waals surface area (Å²) in [6.45, 7) is 0. The molecule has 9 heavy (non-hydrogen) atoms. The molecule has 3 heteroatoms. The second-order valence-electron chi connectivity index (χ2n) is 1.61. The molecule has 0 atom stereocenters. The number of hydrogen-bond acceptors (Lipinski definition) is 3. The molecule has 0 bridgehead atoms. The lowest BCUT2D eigenvalue weighted by atomic mass is 10.3. The summed E-state index contributed by atoms with van der Waals surface area (Å²) < 4.78 is 4.78. The van der Waals surface area contributed by atoms with E-state index in [0.29, 0.717) is 0 Å². The van der Waals surface area contributed by atoms with Gasteiger partial charge in [-0.05, 0) is 6.20 Å². The Balaban J connectivity index is 2.48. The van der Waals surface area contributed by atoms with Crippen molar-refractivity contribution in [1.82, 2.24) is 5.16 Å². The van der Waals surface area contributed by atoms with E-state index >= 15 is 0 Å².